The number of rotatable bonds is 7. The SMILES string of the molecule is CN=C(NCCc1ccco1)NCC(C)N1CCN(c2ccccc2)CC1. The summed E-state index contributed by atoms with van der Waals surface area (Å²) in [5.74, 6) is 1.83. The van der Waals surface area contributed by atoms with E-state index in [4.69, 9.17) is 4.42 Å². The van der Waals surface area contributed by atoms with Gasteiger partial charge in [-0.25, -0.2) is 0 Å². The first-order chi connectivity index (χ1) is 13.3. The van der Waals surface area contributed by atoms with Crippen LogP contribution in [0.25, 0.3) is 0 Å². The number of anilines is 1. The summed E-state index contributed by atoms with van der Waals surface area (Å²) in [5.41, 5.74) is 1.32. The molecule has 146 valence electrons. The number of hydrogen-bond acceptors (Lipinski definition) is 4. The molecule has 1 unspecified atom stereocenters. The van der Waals surface area contributed by atoms with Gasteiger partial charge in [0.25, 0.3) is 0 Å². The number of hydrogen-bond donors (Lipinski definition) is 2. The van der Waals surface area contributed by atoms with E-state index in [0.717, 1.165) is 57.4 Å². The molecule has 0 saturated carbocycles. The predicted molar refractivity (Wildman–Crippen MR) is 111 cm³/mol. The highest BCUT2D eigenvalue weighted by Gasteiger charge is 2.21. The van der Waals surface area contributed by atoms with Crippen molar-refractivity contribution in [2.75, 3.05) is 51.2 Å². The van der Waals surface area contributed by atoms with Crippen molar-refractivity contribution in [2.45, 2.75) is 19.4 Å². The summed E-state index contributed by atoms with van der Waals surface area (Å²) in [6.45, 7) is 8.28. The molecular weight excluding hydrogens is 338 g/mol. The minimum Gasteiger partial charge on any atom is -0.469 e. The quantitative estimate of drug-likeness (QED) is 0.579. The Labute approximate surface area is 162 Å². The van der Waals surface area contributed by atoms with Crippen LogP contribution in [0.5, 0.6) is 0 Å². The molecule has 1 aromatic carbocycles. The molecule has 0 aliphatic carbocycles. The molecule has 0 amide bonds. The van der Waals surface area contributed by atoms with Crippen molar-refractivity contribution in [3.05, 3.63) is 54.5 Å². The highest BCUT2D eigenvalue weighted by molar-refractivity contribution is 5.79. The van der Waals surface area contributed by atoms with Gasteiger partial charge in [-0.3, -0.25) is 9.89 Å². The topological polar surface area (TPSA) is 56.0 Å². The zero-order valence-corrected chi connectivity index (χ0v) is 16.4. The second kappa shape index (κ2) is 10.0. The van der Waals surface area contributed by atoms with E-state index >= 15 is 0 Å². The molecule has 6 nitrogen and oxygen atoms in total. The number of aliphatic imine (C=N–C) groups is 1. The van der Waals surface area contributed by atoms with Crippen LogP contribution in [0.2, 0.25) is 0 Å². The molecule has 1 aromatic heterocycles. The second-order valence-corrected chi connectivity index (χ2v) is 6.92. The molecule has 0 spiro atoms. The fourth-order valence-corrected chi connectivity index (χ4v) is 3.41. The summed E-state index contributed by atoms with van der Waals surface area (Å²) in [6, 6.07) is 15.1. The molecule has 2 heterocycles. The summed E-state index contributed by atoms with van der Waals surface area (Å²) in [7, 11) is 1.81. The molecular formula is C21H31N5O. The number of furan rings is 1. The van der Waals surface area contributed by atoms with Crippen LogP contribution in [0.3, 0.4) is 0 Å². The van der Waals surface area contributed by atoms with Gasteiger partial charge < -0.3 is 20.0 Å². The Bertz CT molecular complexity index is 678. The summed E-state index contributed by atoms with van der Waals surface area (Å²) in [4.78, 5) is 9.32. The zero-order valence-electron chi connectivity index (χ0n) is 16.4. The first-order valence-electron chi connectivity index (χ1n) is 9.77. The van der Waals surface area contributed by atoms with Crippen molar-refractivity contribution in [3.8, 4) is 0 Å². The van der Waals surface area contributed by atoms with Crippen LogP contribution in [0.15, 0.2) is 58.1 Å². The fraction of sp³-hybridized carbons (Fsp3) is 0.476. The van der Waals surface area contributed by atoms with Gasteiger partial charge in [-0.1, -0.05) is 18.2 Å². The lowest BCUT2D eigenvalue weighted by Gasteiger charge is -2.39. The molecule has 27 heavy (non-hydrogen) atoms. The Morgan fingerprint density at radius 3 is 2.52 bits per heavy atom. The minimum absolute atomic E-state index is 0.464. The number of piperazine rings is 1. The smallest absolute Gasteiger partial charge is 0.191 e. The van der Waals surface area contributed by atoms with Gasteiger partial charge in [0.2, 0.25) is 0 Å². The predicted octanol–water partition coefficient (Wildman–Crippen LogP) is 2.20. The molecule has 1 saturated heterocycles. The highest BCUT2D eigenvalue weighted by atomic mass is 16.3. The lowest BCUT2D eigenvalue weighted by molar-refractivity contribution is 0.197. The maximum atomic E-state index is 5.36. The average molecular weight is 370 g/mol. The monoisotopic (exact) mass is 369 g/mol. The maximum Gasteiger partial charge on any atom is 0.191 e. The molecule has 3 rings (SSSR count). The van der Waals surface area contributed by atoms with Crippen molar-refractivity contribution in [2.24, 2.45) is 4.99 Å². The third-order valence-electron chi connectivity index (χ3n) is 5.09. The van der Waals surface area contributed by atoms with E-state index in [1.807, 2.05) is 19.2 Å². The highest BCUT2D eigenvalue weighted by Crippen LogP contribution is 2.16. The van der Waals surface area contributed by atoms with Crippen LogP contribution in [0.4, 0.5) is 5.69 Å². The molecule has 0 bridgehead atoms. The molecule has 1 aliphatic heterocycles. The van der Waals surface area contributed by atoms with Crippen LogP contribution in [-0.4, -0.2) is 63.2 Å². The van der Waals surface area contributed by atoms with Gasteiger partial charge in [0, 0.05) is 64.5 Å². The number of nitrogens with zero attached hydrogens (tertiary/aromatic N) is 3. The van der Waals surface area contributed by atoms with Gasteiger partial charge in [-0.2, -0.15) is 0 Å². The average Bonchev–Trinajstić information content (AvgIpc) is 3.24. The Balaban J connectivity index is 1.36. The van der Waals surface area contributed by atoms with Crippen molar-refractivity contribution >= 4 is 11.6 Å². The molecule has 2 aromatic rings. The molecule has 0 radical (unpaired) electrons. The Morgan fingerprint density at radius 2 is 1.85 bits per heavy atom. The van der Waals surface area contributed by atoms with E-state index in [1.54, 1.807) is 6.26 Å². The van der Waals surface area contributed by atoms with Crippen molar-refractivity contribution < 1.29 is 4.42 Å². The molecule has 1 fully saturated rings. The van der Waals surface area contributed by atoms with Crippen molar-refractivity contribution in [1.29, 1.82) is 0 Å². The normalized spacial score (nSPS) is 17.0. The van der Waals surface area contributed by atoms with Gasteiger partial charge in [0.05, 0.1) is 6.26 Å². The summed E-state index contributed by atoms with van der Waals surface area (Å²) in [6.07, 6.45) is 2.56. The largest absolute Gasteiger partial charge is 0.469 e. The van der Waals surface area contributed by atoms with Crippen LogP contribution in [-0.2, 0) is 6.42 Å². The van der Waals surface area contributed by atoms with Gasteiger partial charge in [-0.15, -0.1) is 0 Å². The molecule has 6 heteroatoms. The Kier molecular flexibility index (Phi) is 7.16. The van der Waals surface area contributed by atoms with Crippen LogP contribution >= 0.6 is 0 Å². The minimum atomic E-state index is 0.464. The van der Waals surface area contributed by atoms with Gasteiger partial charge in [0.1, 0.15) is 5.76 Å². The van der Waals surface area contributed by atoms with Crippen molar-refractivity contribution in [3.63, 3.8) is 0 Å². The Morgan fingerprint density at radius 1 is 1.07 bits per heavy atom. The van der Waals surface area contributed by atoms with Gasteiger partial charge in [0.15, 0.2) is 5.96 Å². The number of nitrogens with one attached hydrogen (secondary N) is 2. The zero-order chi connectivity index (χ0) is 18.9. The van der Waals surface area contributed by atoms with E-state index in [-0.39, 0.29) is 0 Å². The lowest BCUT2D eigenvalue weighted by atomic mass is 10.2. The van der Waals surface area contributed by atoms with E-state index in [2.05, 4.69) is 62.7 Å². The van der Waals surface area contributed by atoms with Crippen LogP contribution in [0.1, 0.15) is 12.7 Å². The number of benzene rings is 1. The standard InChI is InChI=1S/C21H31N5O/c1-18(17-24-21(22-2)23-11-10-20-9-6-16-27-20)25-12-14-26(15-13-25)19-7-4-3-5-8-19/h3-9,16,18H,10-15,17H2,1-2H3,(H2,22,23,24). The molecule has 2 N–H and O–H groups in total. The molecule has 1 atom stereocenters. The molecule has 1 aliphatic rings. The summed E-state index contributed by atoms with van der Waals surface area (Å²) in [5, 5.41) is 6.79. The number of para-hydroxylation sites is 1. The van der Waals surface area contributed by atoms with Crippen LogP contribution < -0.4 is 15.5 Å². The van der Waals surface area contributed by atoms with E-state index < -0.39 is 0 Å². The third kappa shape index (κ3) is 5.76. The van der Waals surface area contributed by atoms with Gasteiger partial charge in [-0.05, 0) is 31.2 Å². The lowest BCUT2D eigenvalue weighted by Crippen LogP contribution is -2.53. The fourth-order valence-electron chi connectivity index (χ4n) is 3.41. The number of guanidine groups is 1. The second-order valence-electron chi connectivity index (χ2n) is 6.92. The van der Waals surface area contributed by atoms with Crippen LogP contribution in [0, 0.1) is 0 Å². The first-order valence-corrected chi connectivity index (χ1v) is 9.77. The van der Waals surface area contributed by atoms with E-state index in [1.165, 1.54) is 5.69 Å². The third-order valence-corrected chi connectivity index (χ3v) is 5.09. The van der Waals surface area contributed by atoms with Gasteiger partial charge >= 0.3 is 0 Å². The Hall–Kier alpha value is -2.47. The first kappa shape index (κ1) is 19.3. The maximum absolute atomic E-state index is 5.36. The van der Waals surface area contributed by atoms with E-state index in [0.29, 0.717) is 6.04 Å². The van der Waals surface area contributed by atoms with Crippen molar-refractivity contribution in [1.82, 2.24) is 15.5 Å². The summed E-state index contributed by atoms with van der Waals surface area (Å²) < 4.78 is 5.36. The van der Waals surface area contributed by atoms with E-state index in [9.17, 15) is 0 Å². The summed E-state index contributed by atoms with van der Waals surface area (Å²) >= 11 is 0.